The molecule has 6 nitrogen and oxygen atoms in total. The van der Waals surface area contributed by atoms with E-state index in [9.17, 15) is 5.11 Å². The van der Waals surface area contributed by atoms with Gasteiger partial charge in [0, 0.05) is 25.6 Å². The summed E-state index contributed by atoms with van der Waals surface area (Å²) >= 11 is 0. The largest absolute Gasteiger partial charge is 0.469 e. The Morgan fingerprint density at radius 3 is 2.76 bits per heavy atom. The predicted molar refractivity (Wildman–Crippen MR) is 102 cm³/mol. The van der Waals surface area contributed by atoms with Gasteiger partial charge in [0.05, 0.1) is 18.4 Å². The number of aliphatic hydroxyl groups is 1. The van der Waals surface area contributed by atoms with Crippen LogP contribution in [0, 0.1) is 0 Å². The maximum absolute atomic E-state index is 10.5. The Hall–Kier alpha value is -1.53. The molecule has 1 saturated carbocycles. The molecule has 1 aliphatic carbocycles. The minimum absolute atomic E-state index is 0.369. The molecule has 1 unspecified atom stereocenters. The topological polar surface area (TPSA) is 73.0 Å². The third kappa shape index (κ3) is 7.92. The van der Waals surface area contributed by atoms with E-state index >= 15 is 0 Å². The lowest BCUT2D eigenvalue weighted by Crippen LogP contribution is -2.46. The van der Waals surface area contributed by atoms with E-state index in [1.807, 2.05) is 38.1 Å². The van der Waals surface area contributed by atoms with Crippen molar-refractivity contribution in [2.45, 2.75) is 57.1 Å². The average molecular weight is 351 g/mol. The molecule has 6 heteroatoms. The van der Waals surface area contributed by atoms with Gasteiger partial charge in [-0.25, -0.2) is 0 Å². The SMILES string of the molecule is CN(C)CC(C)(O)CN=C(NCCc1ccco1)NC1CCCCC1. The van der Waals surface area contributed by atoms with Gasteiger partial charge in [0.15, 0.2) is 5.96 Å². The van der Waals surface area contributed by atoms with Crippen LogP contribution in [0.3, 0.4) is 0 Å². The van der Waals surface area contributed by atoms with Crippen LogP contribution in [0.4, 0.5) is 0 Å². The molecular weight excluding hydrogens is 316 g/mol. The van der Waals surface area contributed by atoms with Crippen LogP contribution in [0.5, 0.6) is 0 Å². The van der Waals surface area contributed by atoms with Gasteiger partial charge in [0.25, 0.3) is 0 Å². The van der Waals surface area contributed by atoms with Crippen molar-refractivity contribution >= 4 is 5.96 Å². The van der Waals surface area contributed by atoms with Gasteiger partial charge in [0.1, 0.15) is 5.76 Å². The molecule has 1 heterocycles. The van der Waals surface area contributed by atoms with Gasteiger partial charge in [-0.2, -0.15) is 0 Å². The van der Waals surface area contributed by atoms with Crippen LogP contribution in [-0.2, 0) is 6.42 Å². The highest BCUT2D eigenvalue weighted by atomic mass is 16.3. The summed E-state index contributed by atoms with van der Waals surface area (Å²) in [5.41, 5.74) is -0.842. The molecule has 3 N–H and O–H groups in total. The van der Waals surface area contributed by atoms with Gasteiger partial charge in [-0.1, -0.05) is 19.3 Å². The summed E-state index contributed by atoms with van der Waals surface area (Å²) in [4.78, 5) is 6.63. The van der Waals surface area contributed by atoms with Crippen molar-refractivity contribution in [3.63, 3.8) is 0 Å². The summed E-state index contributed by atoms with van der Waals surface area (Å²) in [7, 11) is 3.92. The van der Waals surface area contributed by atoms with Crippen molar-refractivity contribution < 1.29 is 9.52 Å². The molecule has 0 aromatic carbocycles. The summed E-state index contributed by atoms with van der Waals surface area (Å²) in [6.07, 6.45) is 8.76. The zero-order chi connectivity index (χ0) is 18.1. The molecule has 2 rings (SSSR count). The number of hydrogen-bond acceptors (Lipinski definition) is 4. The Morgan fingerprint density at radius 2 is 2.12 bits per heavy atom. The molecular formula is C19H34N4O2. The quantitative estimate of drug-likeness (QED) is 0.494. The highest BCUT2D eigenvalue weighted by Crippen LogP contribution is 2.17. The molecule has 0 bridgehead atoms. The minimum Gasteiger partial charge on any atom is -0.469 e. The monoisotopic (exact) mass is 350 g/mol. The van der Waals surface area contributed by atoms with Crippen LogP contribution in [-0.4, -0.2) is 61.3 Å². The summed E-state index contributed by atoms with van der Waals surface area (Å²) in [6, 6.07) is 4.36. The first-order valence-electron chi connectivity index (χ1n) is 9.39. The highest BCUT2D eigenvalue weighted by molar-refractivity contribution is 5.80. The molecule has 0 aliphatic heterocycles. The predicted octanol–water partition coefficient (Wildman–Crippen LogP) is 2.00. The van der Waals surface area contributed by atoms with Gasteiger partial charge < -0.3 is 25.1 Å². The molecule has 0 amide bonds. The van der Waals surface area contributed by atoms with E-state index in [1.165, 1.54) is 32.1 Å². The van der Waals surface area contributed by atoms with Crippen molar-refractivity contribution in [1.29, 1.82) is 0 Å². The number of hydrogen-bond donors (Lipinski definition) is 3. The van der Waals surface area contributed by atoms with Crippen LogP contribution in [0.25, 0.3) is 0 Å². The number of furan rings is 1. The van der Waals surface area contributed by atoms with Crippen LogP contribution in [0.2, 0.25) is 0 Å². The first-order valence-corrected chi connectivity index (χ1v) is 9.39. The third-order valence-electron chi connectivity index (χ3n) is 4.42. The molecule has 1 aliphatic rings. The summed E-state index contributed by atoms with van der Waals surface area (Å²) in [5.74, 6) is 1.75. The molecule has 0 radical (unpaired) electrons. The van der Waals surface area contributed by atoms with Crippen molar-refractivity contribution in [3.05, 3.63) is 24.2 Å². The molecule has 1 aromatic heterocycles. The summed E-state index contributed by atoms with van der Waals surface area (Å²) < 4.78 is 5.38. The maximum Gasteiger partial charge on any atom is 0.191 e. The number of nitrogens with zero attached hydrogens (tertiary/aromatic N) is 2. The summed E-state index contributed by atoms with van der Waals surface area (Å²) in [5, 5.41) is 17.4. The van der Waals surface area contributed by atoms with E-state index < -0.39 is 5.60 Å². The van der Waals surface area contributed by atoms with E-state index in [2.05, 4.69) is 15.6 Å². The molecule has 1 aromatic rings. The van der Waals surface area contributed by atoms with Crippen LogP contribution in [0.15, 0.2) is 27.8 Å². The Balaban J connectivity index is 1.90. The second-order valence-corrected chi connectivity index (χ2v) is 7.63. The Labute approximate surface area is 151 Å². The van der Waals surface area contributed by atoms with E-state index in [0.717, 1.165) is 24.7 Å². The molecule has 0 saturated heterocycles. The normalized spacial score (nSPS) is 19.0. The smallest absolute Gasteiger partial charge is 0.191 e. The van der Waals surface area contributed by atoms with Gasteiger partial charge in [0.2, 0.25) is 0 Å². The van der Waals surface area contributed by atoms with Crippen LogP contribution >= 0.6 is 0 Å². The fraction of sp³-hybridized carbons (Fsp3) is 0.737. The number of rotatable bonds is 8. The molecule has 0 spiro atoms. The van der Waals surface area contributed by atoms with Crippen molar-refractivity contribution in [3.8, 4) is 0 Å². The van der Waals surface area contributed by atoms with Crippen molar-refractivity contribution in [2.24, 2.45) is 4.99 Å². The fourth-order valence-corrected chi connectivity index (χ4v) is 3.33. The highest BCUT2D eigenvalue weighted by Gasteiger charge is 2.22. The Bertz CT molecular complexity index is 506. The number of likely N-dealkylation sites (N-methyl/N-ethyl adjacent to an activating group) is 1. The summed E-state index contributed by atoms with van der Waals surface area (Å²) in [6.45, 7) is 3.53. The van der Waals surface area contributed by atoms with E-state index in [-0.39, 0.29) is 0 Å². The van der Waals surface area contributed by atoms with Crippen LogP contribution in [0.1, 0.15) is 44.8 Å². The first kappa shape index (κ1) is 19.8. The molecule has 142 valence electrons. The number of aliphatic imine (C=N–C) groups is 1. The Morgan fingerprint density at radius 1 is 1.36 bits per heavy atom. The van der Waals surface area contributed by atoms with Crippen molar-refractivity contribution in [2.75, 3.05) is 33.7 Å². The lowest BCUT2D eigenvalue weighted by atomic mass is 9.96. The lowest BCUT2D eigenvalue weighted by molar-refractivity contribution is 0.0423. The second-order valence-electron chi connectivity index (χ2n) is 7.63. The van der Waals surface area contributed by atoms with Crippen molar-refractivity contribution in [1.82, 2.24) is 15.5 Å². The first-order chi connectivity index (χ1) is 11.9. The second kappa shape index (κ2) is 9.82. The molecule has 1 atom stereocenters. The number of guanidine groups is 1. The molecule has 25 heavy (non-hydrogen) atoms. The standard InChI is InChI=1S/C19H34N4O2/c1-19(24,15-23(2)3)14-21-18(22-16-8-5-4-6-9-16)20-12-11-17-10-7-13-25-17/h7,10,13,16,24H,4-6,8-9,11-12,14-15H2,1-3H3,(H2,20,21,22). The van der Waals surface area contributed by atoms with E-state index in [0.29, 0.717) is 19.1 Å². The van der Waals surface area contributed by atoms with Gasteiger partial charge >= 0.3 is 0 Å². The van der Waals surface area contributed by atoms with E-state index in [1.54, 1.807) is 6.26 Å². The fourth-order valence-electron chi connectivity index (χ4n) is 3.33. The lowest BCUT2D eigenvalue weighted by Gasteiger charge is -2.27. The van der Waals surface area contributed by atoms with Gasteiger partial charge in [-0.15, -0.1) is 0 Å². The Kier molecular flexibility index (Phi) is 7.78. The average Bonchev–Trinajstić information content (AvgIpc) is 3.06. The maximum atomic E-state index is 10.5. The zero-order valence-electron chi connectivity index (χ0n) is 15.9. The van der Waals surface area contributed by atoms with Crippen LogP contribution < -0.4 is 10.6 Å². The van der Waals surface area contributed by atoms with Gasteiger partial charge in [-0.05, 0) is 46.0 Å². The third-order valence-corrected chi connectivity index (χ3v) is 4.42. The molecule has 1 fully saturated rings. The number of nitrogens with one attached hydrogen (secondary N) is 2. The van der Waals surface area contributed by atoms with Gasteiger partial charge in [-0.3, -0.25) is 4.99 Å². The van der Waals surface area contributed by atoms with E-state index in [4.69, 9.17) is 4.42 Å². The minimum atomic E-state index is -0.842. The zero-order valence-corrected chi connectivity index (χ0v) is 15.9.